The molecule has 2 rings (SSSR count). The second kappa shape index (κ2) is 5.85. The van der Waals surface area contributed by atoms with Crippen LogP contribution in [0.25, 0.3) is 4.98 Å². The van der Waals surface area contributed by atoms with Crippen molar-refractivity contribution >= 4 is 17.3 Å². The molecule has 0 aliphatic heterocycles. The zero-order valence-corrected chi connectivity index (χ0v) is 11.3. The van der Waals surface area contributed by atoms with Gasteiger partial charge in [0, 0.05) is 23.4 Å². The predicted octanol–water partition coefficient (Wildman–Crippen LogP) is 3.74. The van der Waals surface area contributed by atoms with E-state index in [-0.39, 0.29) is 5.91 Å². The molecule has 0 saturated carbocycles. The molecular formula is C15H14N3O2+. The van der Waals surface area contributed by atoms with Crippen LogP contribution >= 0.6 is 0 Å². The maximum Gasteiger partial charge on any atom is 0.426 e. The Bertz CT molecular complexity index is 676. The van der Waals surface area contributed by atoms with Gasteiger partial charge in [0.2, 0.25) is 11.1 Å². The predicted molar refractivity (Wildman–Crippen MR) is 76.9 cm³/mol. The van der Waals surface area contributed by atoms with Gasteiger partial charge in [0.25, 0.3) is 5.91 Å². The summed E-state index contributed by atoms with van der Waals surface area (Å²) in [4.78, 5) is 15.2. The Morgan fingerprint density at radius 1 is 1.25 bits per heavy atom. The third-order valence-electron chi connectivity index (χ3n) is 2.92. The number of nitrogens with zero attached hydrogens (tertiary/aromatic N) is 2. The Hall–Kier alpha value is -2.87. The summed E-state index contributed by atoms with van der Waals surface area (Å²) in [5.74, 6) is 0.186. The Labute approximate surface area is 116 Å². The van der Waals surface area contributed by atoms with E-state index < -0.39 is 0 Å². The molecule has 2 aromatic carbocycles. The number of diazo groups is 1. The van der Waals surface area contributed by atoms with E-state index >= 15 is 0 Å². The number of anilines is 1. The Balaban J connectivity index is 2.31. The third-order valence-corrected chi connectivity index (χ3v) is 2.92. The van der Waals surface area contributed by atoms with E-state index in [1.807, 2.05) is 13.0 Å². The fourth-order valence-electron chi connectivity index (χ4n) is 1.83. The highest BCUT2D eigenvalue weighted by molar-refractivity contribution is 6.04. The molecule has 0 radical (unpaired) electrons. The molecule has 2 aromatic rings. The van der Waals surface area contributed by atoms with Gasteiger partial charge in [0.15, 0.2) is 4.98 Å². The highest BCUT2D eigenvalue weighted by Crippen LogP contribution is 2.33. The van der Waals surface area contributed by atoms with E-state index in [0.29, 0.717) is 22.7 Å². The van der Waals surface area contributed by atoms with Gasteiger partial charge in [-0.05, 0) is 24.6 Å². The summed E-state index contributed by atoms with van der Waals surface area (Å²) < 4.78 is 5.11. The number of nitrogens with one attached hydrogen (secondary N) is 1. The normalized spacial score (nSPS) is 9.65. The quantitative estimate of drug-likeness (QED) is 0.862. The molecule has 20 heavy (non-hydrogen) atoms. The van der Waals surface area contributed by atoms with Gasteiger partial charge in [0.05, 0.1) is 7.11 Å². The second-order valence-electron chi connectivity index (χ2n) is 4.26. The first kappa shape index (κ1) is 13.6. The number of benzene rings is 2. The molecule has 5 nitrogen and oxygen atoms in total. The molecule has 0 fully saturated rings. The van der Waals surface area contributed by atoms with Crippen LogP contribution in [0, 0.1) is 12.3 Å². The number of amides is 1. The first-order chi connectivity index (χ1) is 9.65. The number of methoxy groups -OCH3 is 1. The molecule has 1 N–H and O–H groups in total. The molecule has 0 aliphatic carbocycles. The average Bonchev–Trinajstić information content (AvgIpc) is 2.49. The minimum Gasteiger partial charge on any atom is -0.489 e. The molecule has 0 aliphatic rings. The van der Waals surface area contributed by atoms with E-state index in [9.17, 15) is 4.79 Å². The molecule has 1 amide bonds. The van der Waals surface area contributed by atoms with Crippen LogP contribution in [0.3, 0.4) is 0 Å². The summed E-state index contributed by atoms with van der Waals surface area (Å²) in [5, 5.41) is 11.7. The fraction of sp³-hybridized carbons (Fsp3) is 0.133. The Morgan fingerprint density at radius 2 is 1.95 bits per heavy atom. The minimum absolute atomic E-state index is 0.204. The lowest BCUT2D eigenvalue weighted by molar-refractivity contribution is 0.102. The highest BCUT2D eigenvalue weighted by atomic mass is 16.5. The lowest BCUT2D eigenvalue weighted by atomic mass is 10.1. The number of aryl methyl sites for hydroxylation is 1. The van der Waals surface area contributed by atoms with Gasteiger partial charge >= 0.3 is 5.69 Å². The van der Waals surface area contributed by atoms with Crippen LogP contribution in [0.2, 0.25) is 0 Å². The standard InChI is InChI=1S/C15H13N3O2/c1-10-8-13(18-16)14(20-2)9-12(10)17-15(19)11-6-4-3-5-7-11/h3-9H,1-2H3/p+1. The average molecular weight is 268 g/mol. The number of carbonyl (C=O) groups excluding carboxylic acids is 1. The van der Waals surface area contributed by atoms with Crippen LogP contribution in [-0.2, 0) is 0 Å². The van der Waals surface area contributed by atoms with E-state index in [1.165, 1.54) is 7.11 Å². The lowest BCUT2D eigenvalue weighted by Crippen LogP contribution is -2.12. The van der Waals surface area contributed by atoms with Crippen molar-refractivity contribution in [3.8, 4) is 5.75 Å². The van der Waals surface area contributed by atoms with Gasteiger partial charge in [0.1, 0.15) is 0 Å². The zero-order valence-electron chi connectivity index (χ0n) is 11.3. The van der Waals surface area contributed by atoms with Crippen molar-refractivity contribution in [2.24, 2.45) is 0 Å². The Kier molecular flexibility index (Phi) is 3.96. The molecule has 100 valence electrons. The highest BCUT2D eigenvalue weighted by Gasteiger charge is 2.18. The first-order valence-electron chi connectivity index (χ1n) is 6.06. The summed E-state index contributed by atoms with van der Waals surface area (Å²) >= 11 is 0. The smallest absolute Gasteiger partial charge is 0.426 e. The molecule has 5 heteroatoms. The maximum atomic E-state index is 12.1. The van der Waals surface area contributed by atoms with E-state index in [2.05, 4.69) is 10.3 Å². The zero-order chi connectivity index (χ0) is 14.5. The SMILES string of the molecule is COc1cc(NC(=O)c2ccccc2)c(C)cc1[N+]#N. The molecule has 0 spiro atoms. The van der Waals surface area contributed by atoms with Gasteiger partial charge in [-0.2, -0.15) is 0 Å². The summed E-state index contributed by atoms with van der Waals surface area (Å²) in [5.41, 5.74) is 2.29. The van der Waals surface area contributed by atoms with Gasteiger partial charge in [-0.1, -0.05) is 18.2 Å². The fourth-order valence-corrected chi connectivity index (χ4v) is 1.83. The molecule has 0 atom stereocenters. The molecule has 0 saturated heterocycles. The molecule has 0 unspecified atom stereocenters. The summed E-state index contributed by atoms with van der Waals surface area (Å²) in [6, 6.07) is 12.2. The second-order valence-corrected chi connectivity index (χ2v) is 4.26. The van der Waals surface area contributed by atoms with Gasteiger partial charge in [-0.3, -0.25) is 4.79 Å². The van der Waals surface area contributed by atoms with Crippen LogP contribution < -0.4 is 10.1 Å². The summed E-state index contributed by atoms with van der Waals surface area (Å²) in [6.07, 6.45) is 0. The molecule has 0 aromatic heterocycles. The monoisotopic (exact) mass is 268 g/mol. The van der Waals surface area contributed by atoms with Crippen LogP contribution in [0.5, 0.6) is 5.75 Å². The number of rotatable bonds is 3. The van der Waals surface area contributed by atoms with Crippen molar-refractivity contribution in [3.05, 3.63) is 58.6 Å². The van der Waals surface area contributed by atoms with Crippen LogP contribution in [0.4, 0.5) is 11.4 Å². The van der Waals surface area contributed by atoms with Gasteiger partial charge in [-0.15, -0.1) is 0 Å². The van der Waals surface area contributed by atoms with Gasteiger partial charge < -0.3 is 10.1 Å². The first-order valence-corrected chi connectivity index (χ1v) is 6.06. The van der Waals surface area contributed by atoms with Gasteiger partial charge in [-0.25, -0.2) is 0 Å². The largest absolute Gasteiger partial charge is 0.489 e. The molecule has 0 bridgehead atoms. The number of ether oxygens (including phenoxy) is 1. The van der Waals surface area contributed by atoms with E-state index in [1.54, 1.807) is 36.4 Å². The van der Waals surface area contributed by atoms with Crippen molar-refractivity contribution in [1.29, 1.82) is 5.39 Å². The van der Waals surface area contributed by atoms with E-state index in [0.717, 1.165) is 5.56 Å². The Morgan fingerprint density at radius 3 is 2.55 bits per heavy atom. The van der Waals surface area contributed by atoms with Crippen LogP contribution in [0.15, 0.2) is 42.5 Å². The third kappa shape index (κ3) is 2.75. The van der Waals surface area contributed by atoms with Crippen molar-refractivity contribution in [2.75, 3.05) is 12.4 Å². The van der Waals surface area contributed by atoms with Crippen molar-refractivity contribution in [1.82, 2.24) is 0 Å². The number of carbonyl (C=O) groups is 1. The number of hydrogen-bond donors (Lipinski definition) is 1. The molecule has 0 heterocycles. The topological polar surface area (TPSA) is 66.5 Å². The molecular weight excluding hydrogens is 254 g/mol. The van der Waals surface area contributed by atoms with E-state index in [4.69, 9.17) is 10.1 Å². The summed E-state index contributed by atoms with van der Waals surface area (Å²) in [7, 11) is 1.47. The van der Waals surface area contributed by atoms with Crippen molar-refractivity contribution in [2.45, 2.75) is 6.92 Å². The minimum atomic E-state index is -0.204. The maximum absolute atomic E-state index is 12.1. The number of hydrogen-bond acceptors (Lipinski definition) is 3. The van der Waals surface area contributed by atoms with Crippen LogP contribution in [-0.4, -0.2) is 13.0 Å². The van der Waals surface area contributed by atoms with Crippen molar-refractivity contribution < 1.29 is 9.53 Å². The summed E-state index contributed by atoms with van der Waals surface area (Å²) in [6.45, 7) is 1.81. The van der Waals surface area contributed by atoms with Crippen molar-refractivity contribution in [3.63, 3.8) is 0 Å². The lowest BCUT2D eigenvalue weighted by Gasteiger charge is -2.09. The van der Waals surface area contributed by atoms with Crippen LogP contribution in [0.1, 0.15) is 15.9 Å².